The molecule has 164 valence electrons. The van der Waals surface area contributed by atoms with Crippen molar-refractivity contribution in [1.29, 1.82) is 0 Å². The Morgan fingerprint density at radius 3 is 2.03 bits per heavy atom. The number of ether oxygens (including phenoxy) is 2. The van der Waals surface area contributed by atoms with Gasteiger partial charge in [0, 0.05) is 12.1 Å². The number of amides is 1. The molecule has 31 heavy (non-hydrogen) atoms. The van der Waals surface area contributed by atoms with E-state index in [1.54, 1.807) is 55.5 Å². The Balaban J connectivity index is 2.06. The first-order valence-electron chi connectivity index (χ1n) is 10.1. The number of hydrogen-bond acceptors (Lipinski definition) is 6. The molecule has 0 unspecified atom stereocenters. The molecule has 1 N–H and O–H groups in total. The van der Waals surface area contributed by atoms with Gasteiger partial charge in [0.15, 0.2) is 0 Å². The fourth-order valence-electron chi connectivity index (χ4n) is 3.71. The van der Waals surface area contributed by atoms with Crippen molar-refractivity contribution in [3.8, 4) is 11.5 Å². The zero-order chi connectivity index (χ0) is 22.5. The van der Waals surface area contributed by atoms with Crippen molar-refractivity contribution in [2.45, 2.75) is 12.5 Å². The highest BCUT2D eigenvalue weighted by molar-refractivity contribution is 6.46. The number of likely N-dealkylation sites (tertiary alicyclic amines) is 1. The second kappa shape index (κ2) is 9.66. The monoisotopic (exact) mass is 424 g/mol. The molecule has 0 bridgehead atoms. The molecule has 0 spiro atoms. The Hall–Kier alpha value is -3.32. The lowest BCUT2D eigenvalue weighted by Gasteiger charge is -2.26. The van der Waals surface area contributed by atoms with Gasteiger partial charge in [0.05, 0.1) is 25.8 Å². The minimum atomic E-state index is -0.681. The zero-order valence-corrected chi connectivity index (χ0v) is 18.3. The Labute approximate surface area is 182 Å². The average molecular weight is 424 g/mol. The van der Waals surface area contributed by atoms with Gasteiger partial charge in [-0.05, 0) is 69.0 Å². The molecule has 7 heteroatoms. The molecule has 1 heterocycles. The molecule has 2 aromatic rings. The smallest absolute Gasteiger partial charge is 0.295 e. The summed E-state index contributed by atoms with van der Waals surface area (Å²) < 4.78 is 10.4. The fraction of sp³-hybridized carbons (Fsp3) is 0.333. The van der Waals surface area contributed by atoms with Gasteiger partial charge in [-0.25, -0.2) is 0 Å². The van der Waals surface area contributed by atoms with Crippen LogP contribution in [-0.2, 0) is 9.59 Å². The number of Topliss-reactive ketones (excluding diaryl/α,β-unsaturated/α-hetero) is 1. The second-order valence-electron chi connectivity index (χ2n) is 7.65. The number of hydrogen-bond donors (Lipinski definition) is 1. The number of aliphatic hydroxyl groups excluding tert-OH is 1. The molecular weight excluding hydrogens is 396 g/mol. The highest BCUT2D eigenvalue weighted by Crippen LogP contribution is 2.40. The van der Waals surface area contributed by atoms with Crippen LogP contribution in [0, 0.1) is 0 Å². The summed E-state index contributed by atoms with van der Waals surface area (Å²) in [5.41, 5.74) is 1.27. The third-order valence-corrected chi connectivity index (χ3v) is 5.34. The van der Waals surface area contributed by atoms with Gasteiger partial charge in [0.2, 0.25) is 0 Å². The summed E-state index contributed by atoms with van der Waals surface area (Å²) in [7, 11) is 7.04. The lowest BCUT2D eigenvalue weighted by molar-refractivity contribution is -0.139. The van der Waals surface area contributed by atoms with Gasteiger partial charge in [0.25, 0.3) is 11.7 Å². The van der Waals surface area contributed by atoms with Gasteiger partial charge < -0.3 is 24.4 Å². The third-order valence-electron chi connectivity index (χ3n) is 5.34. The highest BCUT2D eigenvalue weighted by atomic mass is 16.5. The van der Waals surface area contributed by atoms with Crippen LogP contribution in [0.5, 0.6) is 11.5 Å². The van der Waals surface area contributed by atoms with Crippen LogP contribution in [0.1, 0.15) is 23.6 Å². The normalized spacial score (nSPS) is 18.0. The zero-order valence-electron chi connectivity index (χ0n) is 18.3. The maximum atomic E-state index is 13.0. The van der Waals surface area contributed by atoms with Gasteiger partial charge in [-0.1, -0.05) is 12.1 Å². The number of methoxy groups -OCH3 is 2. The molecule has 2 aromatic carbocycles. The molecule has 0 radical (unpaired) electrons. The van der Waals surface area contributed by atoms with E-state index in [1.165, 1.54) is 0 Å². The van der Waals surface area contributed by atoms with Crippen molar-refractivity contribution in [3.05, 3.63) is 65.2 Å². The van der Waals surface area contributed by atoms with E-state index in [0.717, 1.165) is 12.1 Å². The predicted molar refractivity (Wildman–Crippen MR) is 118 cm³/mol. The molecule has 1 aliphatic rings. The second-order valence-corrected chi connectivity index (χ2v) is 7.65. The molecule has 0 saturated carbocycles. The SMILES string of the molecule is COc1ccc(/C(O)=C2\C(=O)C(=O)N(CCCN(C)C)[C@H]2c2ccc(OC)cc2)cc1. The predicted octanol–water partition coefficient (Wildman–Crippen LogP) is 3.08. The minimum Gasteiger partial charge on any atom is -0.507 e. The van der Waals surface area contributed by atoms with Crippen LogP contribution in [0.15, 0.2) is 54.1 Å². The summed E-state index contributed by atoms with van der Waals surface area (Å²) >= 11 is 0. The maximum absolute atomic E-state index is 13.0. The quantitative estimate of drug-likeness (QED) is 0.399. The minimum absolute atomic E-state index is 0.0881. The number of nitrogens with zero attached hydrogens (tertiary/aromatic N) is 2. The first-order chi connectivity index (χ1) is 14.9. The summed E-state index contributed by atoms with van der Waals surface area (Å²) in [6, 6.07) is 13.2. The summed E-state index contributed by atoms with van der Waals surface area (Å²) in [4.78, 5) is 29.5. The van der Waals surface area contributed by atoms with Crippen LogP contribution in [0.4, 0.5) is 0 Å². The molecule has 7 nitrogen and oxygen atoms in total. The summed E-state index contributed by atoms with van der Waals surface area (Å²) in [6.45, 7) is 1.18. The van der Waals surface area contributed by atoms with Crippen LogP contribution in [0.25, 0.3) is 5.76 Å². The molecule has 1 aliphatic heterocycles. The van der Waals surface area contributed by atoms with E-state index in [1.807, 2.05) is 31.1 Å². The van der Waals surface area contributed by atoms with Crippen LogP contribution in [0.3, 0.4) is 0 Å². The number of aliphatic hydroxyl groups is 1. The standard InChI is InChI=1S/C24H28N2O5/c1-25(2)14-5-15-26-21(16-6-10-18(30-3)11-7-16)20(23(28)24(26)29)22(27)17-8-12-19(31-4)13-9-17/h6-13,21,27H,5,14-15H2,1-4H3/b22-20+/t21-/m0/s1. The van der Waals surface area contributed by atoms with E-state index in [9.17, 15) is 14.7 Å². The van der Waals surface area contributed by atoms with Crippen molar-refractivity contribution in [3.63, 3.8) is 0 Å². The van der Waals surface area contributed by atoms with Gasteiger partial charge in [-0.2, -0.15) is 0 Å². The number of carbonyl (C=O) groups excluding carboxylic acids is 2. The Morgan fingerprint density at radius 1 is 0.968 bits per heavy atom. The molecule has 1 atom stereocenters. The van der Waals surface area contributed by atoms with Gasteiger partial charge >= 0.3 is 0 Å². The van der Waals surface area contributed by atoms with Crippen LogP contribution in [0.2, 0.25) is 0 Å². The Morgan fingerprint density at radius 2 is 1.52 bits per heavy atom. The first kappa shape index (κ1) is 22.4. The lowest BCUT2D eigenvalue weighted by Crippen LogP contribution is -2.32. The molecular formula is C24H28N2O5. The summed E-state index contributed by atoms with van der Waals surface area (Å²) in [6.07, 6.45) is 0.704. The number of rotatable bonds is 8. The van der Waals surface area contributed by atoms with Crippen molar-refractivity contribution in [1.82, 2.24) is 9.80 Å². The fourth-order valence-corrected chi connectivity index (χ4v) is 3.71. The molecule has 0 aliphatic carbocycles. The summed E-state index contributed by atoms with van der Waals surface area (Å²) in [5.74, 6) is -0.179. The van der Waals surface area contributed by atoms with Gasteiger partial charge in [-0.15, -0.1) is 0 Å². The van der Waals surface area contributed by atoms with E-state index in [-0.39, 0.29) is 11.3 Å². The number of ketones is 1. The Kier molecular flexibility index (Phi) is 6.97. The largest absolute Gasteiger partial charge is 0.507 e. The van der Waals surface area contributed by atoms with Crippen molar-refractivity contribution in [2.75, 3.05) is 41.4 Å². The molecule has 1 amide bonds. The molecule has 0 aromatic heterocycles. The number of carbonyl (C=O) groups is 2. The van der Waals surface area contributed by atoms with Crippen LogP contribution >= 0.6 is 0 Å². The van der Waals surface area contributed by atoms with E-state index in [0.29, 0.717) is 30.0 Å². The first-order valence-corrected chi connectivity index (χ1v) is 10.1. The lowest BCUT2D eigenvalue weighted by atomic mass is 9.95. The molecule has 1 saturated heterocycles. The highest BCUT2D eigenvalue weighted by Gasteiger charge is 2.45. The number of benzene rings is 2. The van der Waals surface area contributed by atoms with E-state index in [4.69, 9.17) is 9.47 Å². The van der Waals surface area contributed by atoms with Crippen LogP contribution in [-0.4, -0.2) is 68.0 Å². The van der Waals surface area contributed by atoms with Gasteiger partial charge in [0.1, 0.15) is 17.3 Å². The van der Waals surface area contributed by atoms with E-state index in [2.05, 4.69) is 0 Å². The third kappa shape index (κ3) is 4.72. The van der Waals surface area contributed by atoms with Crippen molar-refractivity contribution < 1.29 is 24.2 Å². The molecule has 3 rings (SSSR count). The van der Waals surface area contributed by atoms with Crippen LogP contribution < -0.4 is 9.47 Å². The molecule has 1 fully saturated rings. The van der Waals surface area contributed by atoms with Gasteiger partial charge in [-0.3, -0.25) is 9.59 Å². The summed E-state index contributed by atoms with van der Waals surface area (Å²) in [5, 5.41) is 11.0. The van der Waals surface area contributed by atoms with Crippen molar-refractivity contribution in [2.24, 2.45) is 0 Å². The Bertz CT molecular complexity index is 964. The van der Waals surface area contributed by atoms with E-state index < -0.39 is 17.7 Å². The maximum Gasteiger partial charge on any atom is 0.295 e. The van der Waals surface area contributed by atoms with E-state index >= 15 is 0 Å². The topological polar surface area (TPSA) is 79.3 Å². The van der Waals surface area contributed by atoms with Crippen molar-refractivity contribution >= 4 is 17.4 Å². The average Bonchev–Trinajstić information content (AvgIpc) is 3.03.